The number of fused-ring (bicyclic) bond motifs is 1. The normalized spacial score (nSPS) is 16.4. The average Bonchev–Trinajstić information content (AvgIpc) is 3.23. The van der Waals surface area contributed by atoms with Gasteiger partial charge in [-0.3, -0.25) is 0 Å². The van der Waals surface area contributed by atoms with Gasteiger partial charge in [0.2, 0.25) is 0 Å². The summed E-state index contributed by atoms with van der Waals surface area (Å²) in [7, 11) is 0. The topological polar surface area (TPSA) is 83.4 Å². The van der Waals surface area contributed by atoms with Crippen molar-refractivity contribution < 1.29 is 9.84 Å². The number of ether oxygens (including phenoxy) is 1. The third-order valence-electron chi connectivity index (χ3n) is 5.37. The molecule has 0 bridgehead atoms. The van der Waals surface area contributed by atoms with Crippen molar-refractivity contribution >= 4 is 38.2 Å². The van der Waals surface area contributed by atoms with Crippen LogP contribution in [-0.2, 0) is 0 Å². The fourth-order valence-electron chi connectivity index (χ4n) is 3.82. The number of aliphatic hydroxyl groups is 1. The Balaban J connectivity index is 1.32. The Labute approximate surface area is 184 Å². The number of benzene rings is 2. The molecule has 8 heteroatoms. The average molecular weight is 434 g/mol. The van der Waals surface area contributed by atoms with Crippen LogP contribution in [0.5, 0.6) is 11.6 Å². The maximum Gasteiger partial charge on any atom is 0.263 e. The number of thiazole rings is 1. The van der Waals surface area contributed by atoms with Crippen LogP contribution >= 0.6 is 11.3 Å². The van der Waals surface area contributed by atoms with Crippen LogP contribution in [0, 0.1) is 0 Å². The summed E-state index contributed by atoms with van der Waals surface area (Å²) < 4.78 is 7.22. The minimum absolute atomic E-state index is 0.0492. The van der Waals surface area contributed by atoms with E-state index in [4.69, 9.17) is 4.74 Å². The Bertz CT molecular complexity index is 1130. The van der Waals surface area contributed by atoms with Crippen LogP contribution in [0.1, 0.15) is 19.3 Å². The summed E-state index contributed by atoms with van der Waals surface area (Å²) in [5.41, 5.74) is 1.92. The summed E-state index contributed by atoms with van der Waals surface area (Å²) in [4.78, 5) is 15.6. The van der Waals surface area contributed by atoms with Gasteiger partial charge in [-0.25, -0.2) is 15.0 Å². The molecule has 1 aliphatic heterocycles. The predicted molar refractivity (Wildman–Crippen MR) is 124 cm³/mol. The number of hydrogen-bond acceptors (Lipinski definition) is 8. The zero-order valence-corrected chi connectivity index (χ0v) is 17.8. The minimum Gasteiger partial charge on any atom is -0.436 e. The van der Waals surface area contributed by atoms with Gasteiger partial charge in [0.25, 0.3) is 5.88 Å². The van der Waals surface area contributed by atoms with Gasteiger partial charge in [0.15, 0.2) is 10.9 Å². The van der Waals surface area contributed by atoms with Crippen molar-refractivity contribution in [3.8, 4) is 11.6 Å². The number of nitrogens with one attached hydrogen (secondary N) is 1. The first-order valence-corrected chi connectivity index (χ1v) is 11.2. The monoisotopic (exact) mass is 433 g/mol. The van der Waals surface area contributed by atoms with Gasteiger partial charge in [-0.1, -0.05) is 23.5 Å². The van der Waals surface area contributed by atoms with Gasteiger partial charge in [0.1, 0.15) is 5.75 Å². The quantitative estimate of drug-likeness (QED) is 0.444. The molecule has 3 heterocycles. The van der Waals surface area contributed by atoms with Crippen LogP contribution in [0.15, 0.2) is 60.9 Å². The first kappa shape index (κ1) is 19.7. The fraction of sp³-hybridized carbons (Fsp3) is 0.261. The molecule has 1 aliphatic rings. The molecule has 0 spiro atoms. The number of piperidine rings is 1. The molecule has 1 atom stereocenters. The van der Waals surface area contributed by atoms with Crippen LogP contribution in [0.25, 0.3) is 10.2 Å². The molecule has 158 valence electrons. The third-order valence-corrected chi connectivity index (χ3v) is 6.32. The Morgan fingerprint density at radius 2 is 1.90 bits per heavy atom. The SMILES string of the molecule is OCC1CCCCN1c1nccnc1Oc1ccc(Nc2nc3ccccc3s2)cc1. The van der Waals surface area contributed by atoms with E-state index in [1.807, 2.05) is 42.5 Å². The van der Waals surface area contributed by atoms with Gasteiger partial charge in [-0.15, -0.1) is 0 Å². The van der Waals surface area contributed by atoms with Gasteiger partial charge < -0.3 is 20.1 Å². The maximum absolute atomic E-state index is 9.76. The lowest BCUT2D eigenvalue weighted by molar-refractivity contribution is 0.238. The van der Waals surface area contributed by atoms with E-state index < -0.39 is 0 Å². The second-order valence-corrected chi connectivity index (χ2v) is 8.48. The molecule has 31 heavy (non-hydrogen) atoms. The number of aromatic nitrogens is 3. The Morgan fingerprint density at radius 1 is 1.06 bits per heavy atom. The lowest BCUT2D eigenvalue weighted by Gasteiger charge is -2.35. The molecular formula is C23H23N5O2S. The maximum atomic E-state index is 9.76. The number of nitrogens with zero attached hydrogens (tertiary/aromatic N) is 4. The summed E-state index contributed by atoms with van der Waals surface area (Å²) in [6.07, 6.45) is 6.41. The van der Waals surface area contributed by atoms with Crippen molar-refractivity contribution in [3.05, 3.63) is 60.9 Å². The molecule has 1 saturated heterocycles. The highest BCUT2D eigenvalue weighted by Gasteiger charge is 2.26. The van der Waals surface area contributed by atoms with E-state index in [9.17, 15) is 5.11 Å². The summed E-state index contributed by atoms with van der Waals surface area (Å²) in [6, 6.07) is 15.8. The van der Waals surface area contributed by atoms with Crippen LogP contribution in [0.3, 0.4) is 0 Å². The minimum atomic E-state index is 0.0492. The summed E-state index contributed by atoms with van der Waals surface area (Å²) in [5, 5.41) is 14.0. The molecule has 7 nitrogen and oxygen atoms in total. The number of para-hydroxylation sites is 1. The second-order valence-electron chi connectivity index (χ2n) is 7.45. The van der Waals surface area contributed by atoms with Crippen LogP contribution in [0.2, 0.25) is 0 Å². The molecule has 2 aromatic carbocycles. The van der Waals surface area contributed by atoms with E-state index >= 15 is 0 Å². The van der Waals surface area contributed by atoms with E-state index in [2.05, 4.69) is 31.2 Å². The lowest BCUT2D eigenvalue weighted by atomic mass is 10.0. The van der Waals surface area contributed by atoms with Gasteiger partial charge in [-0.05, 0) is 55.7 Å². The van der Waals surface area contributed by atoms with Crippen molar-refractivity contribution in [3.63, 3.8) is 0 Å². The highest BCUT2D eigenvalue weighted by molar-refractivity contribution is 7.22. The van der Waals surface area contributed by atoms with Crippen molar-refractivity contribution in [2.75, 3.05) is 23.4 Å². The van der Waals surface area contributed by atoms with Gasteiger partial charge in [-0.2, -0.15) is 0 Å². The number of anilines is 3. The van der Waals surface area contributed by atoms with E-state index in [0.717, 1.165) is 46.8 Å². The molecule has 0 aliphatic carbocycles. The van der Waals surface area contributed by atoms with Crippen molar-refractivity contribution in [1.29, 1.82) is 0 Å². The fourth-order valence-corrected chi connectivity index (χ4v) is 4.71. The molecule has 1 unspecified atom stereocenters. The molecule has 2 N–H and O–H groups in total. The second kappa shape index (κ2) is 8.87. The van der Waals surface area contributed by atoms with E-state index in [1.165, 1.54) is 0 Å². The Morgan fingerprint density at radius 3 is 2.74 bits per heavy atom. The number of rotatable bonds is 6. The third kappa shape index (κ3) is 4.30. The highest BCUT2D eigenvalue weighted by Crippen LogP contribution is 2.33. The molecule has 2 aromatic heterocycles. The van der Waals surface area contributed by atoms with Crippen LogP contribution in [0.4, 0.5) is 16.6 Å². The Kier molecular flexibility index (Phi) is 5.64. The lowest BCUT2D eigenvalue weighted by Crippen LogP contribution is -2.42. The van der Waals surface area contributed by atoms with Gasteiger partial charge in [0, 0.05) is 24.6 Å². The van der Waals surface area contributed by atoms with Gasteiger partial charge in [0.05, 0.1) is 22.9 Å². The molecule has 0 radical (unpaired) electrons. The molecular weight excluding hydrogens is 410 g/mol. The van der Waals surface area contributed by atoms with E-state index in [1.54, 1.807) is 23.7 Å². The van der Waals surface area contributed by atoms with Crippen molar-refractivity contribution in [1.82, 2.24) is 15.0 Å². The standard InChI is InChI=1S/C23H23N5O2S/c29-15-17-5-3-4-14-28(17)21-22(25-13-12-24-21)30-18-10-8-16(9-11-18)26-23-27-19-6-1-2-7-20(19)31-23/h1-2,6-13,17,29H,3-5,14-15H2,(H,26,27). The summed E-state index contributed by atoms with van der Waals surface area (Å²) in [6.45, 7) is 0.938. The molecule has 0 amide bonds. The van der Waals surface area contributed by atoms with E-state index in [0.29, 0.717) is 17.4 Å². The first-order chi connectivity index (χ1) is 15.3. The first-order valence-electron chi connectivity index (χ1n) is 10.4. The smallest absolute Gasteiger partial charge is 0.263 e. The number of hydrogen-bond donors (Lipinski definition) is 2. The zero-order chi connectivity index (χ0) is 21.0. The molecule has 0 saturated carbocycles. The zero-order valence-electron chi connectivity index (χ0n) is 16.9. The number of aliphatic hydroxyl groups excluding tert-OH is 1. The predicted octanol–water partition coefficient (Wildman–Crippen LogP) is 4.97. The van der Waals surface area contributed by atoms with Crippen molar-refractivity contribution in [2.45, 2.75) is 25.3 Å². The van der Waals surface area contributed by atoms with E-state index in [-0.39, 0.29) is 12.6 Å². The Hall–Kier alpha value is -3.23. The largest absolute Gasteiger partial charge is 0.436 e. The highest BCUT2D eigenvalue weighted by atomic mass is 32.1. The summed E-state index contributed by atoms with van der Waals surface area (Å²) >= 11 is 1.62. The molecule has 4 aromatic rings. The van der Waals surface area contributed by atoms with Crippen LogP contribution < -0.4 is 15.0 Å². The summed E-state index contributed by atoms with van der Waals surface area (Å²) in [5.74, 6) is 1.81. The van der Waals surface area contributed by atoms with Crippen LogP contribution in [-0.4, -0.2) is 39.3 Å². The molecule has 5 rings (SSSR count). The van der Waals surface area contributed by atoms with Crippen molar-refractivity contribution in [2.24, 2.45) is 0 Å². The molecule has 1 fully saturated rings. The van der Waals surface area contributed by atoms with Gasteiger partial charge >= 0.3 is 0 Å².